The van der Waals surface area contributed by atoms with Crippen molar-refractivity contribution in [2.45, 2.75) is 6.18 Å². The number of pyridine rings is 1. The summed E-state index contributed by atoms with van der Waals surface area (Å²) in [5, 5.41) is 13.3. The van der Waals surface area contributed by atoms with Crippen LogP contribution in [0.2, 0.25) is 0 Å². The van der Waals surface area contributed by atoms with E-state index < -0.39 is 24.8 Å². The van der Waals surface area contributed by atoms with E-state index >= 15 is 0 Å². The number of carboxylic acids is 1. The van der Waals surface area contributed by atoms with Gasteiger partial charge in [-0.15, -0.1) is 0 Å². The van der Waals surface area contributed by atoms with Crippen LogP contribution in [0.25, 0.3) is 0 Å². The molecule has 21 heavy (non-hydrogen) atoms. The van der Waals surface area contributed by atoms with Gasteiger partial charge in [0.25, 0.3) is 0 Å². The van der Waals surface area contributed by atoms with Crippen molar-refractivity contribution in [2.24, 2.45) is 0 Å². The molecule has 1 aromatic heterocycles. The van der Waals surface area contributed by atoms with Gasteiger partial charge in [0.05, 0.1) is 12.3 Å². The minimum atomic E-state index is -4.42. The van der Waals surface area contributed by atoms with Crippen LogP contribution in [0.5, 0.6) is 0 Å². The van der Waals surface area contributed by atoms with Gasteiger partial charge in [0.2, 0.25) is 0 Å². The van der Waals surface area contributed by atoms with Crippen LogP contribution in [0.15, 0.2) is 18.3 Å². The van der Waals surface area contributed by atoms with E-state index in [9.17, 15) is 22.8 Å². The minimum absolute atomic E-state index is 0.0290. The number of amides is 2. The summed E-state index contributed by atoms with van der Waals surface area (Å²) < 4.78 is 39.6. The van der Waals surface area contributed by atoms with Crippen molar-refractivity contribution in [2.75, 3.05) is 25.1 Å². The summed E-state index contributed by atoms with van der Waals surface area (Å²) >= 11 is 0. The van der Waals surface area contributed by atoms with Crippen LogP contribution >= 0.6 is 0 Å². The molecule has 116 valence electrons. The van der Waals surface area contributed by atoms with E-state index in [0.717, 1.165) is 0 Å². The lowest BCUT2D eigenvalue weighted by atomic mass is 10.3. The summed E-state index contributed by atoms with van der Waals surface area (Å²) in [6.07, 6.45) is -3.17. The Balaban J connectivity index is 2.36. The van der Waals surface area contributed by atoms with Gasteiger partial charge in [0, 0.05) is 12.7 Å². The molecule has 0 saturated carbocycles. The monoisotopic (exact) mass is 307 g/mol. The van der Waals surface area contributed by atoms with Crippen LogP contribution in [-0.2, 0) is 4.74 Å². The molecule has 0 spiro atoms. The molecule has 2 amide bonds. The summed E-state index contributed by atoms with van der Waals surface area (Å²) in [4.78, 5) is 25.8. The molecule has 0 aliphatic rings. The van der Waals surface area contributed by atoms with Crippen molar-refractivity contribution in [3.05, 3.63) is 24.0 Å². The number of carboxylic acid groups (broad SMARTS) is 1. The van der Waals surface area contributed by atoms with Gasteiger partial charge in [-0.3, -0.25) is 0 Å². The number of rotatable bonds is 6. The SMILES string of the molecule is O=C(NCCOCC(F)(F)F)Nc1cccnc1C(=O)O. The molecular weight excluding hydrogens is 295 g/mol. The zero-order chi connectivity index (χ0) is 15.9. The number of nitrogens with zero attached hydrogens (tertiary/aromatic N) is 1. The Hall–Kier alpha value is -2.36. The number of alkyl halides is 3. The lowest BCUT2D eigenvalue weighted by Crippen LogP contribution is -2.33. The third-order valence-corrected chi connectivity index (χ3v) is 2.06. The number of ether oxygens (including phenoxy) is 1. The third-order valence-electron chi connectivity index (χ3n) is 2.06. The Morgan fingerprint density at radius 1 is 1.38 bits per heavy atom. The summed E-state index contributed by atoms with van der Waals surface area (Å²) in [7, 11) is 0. The van der Waals surface area contributed by atoms with Gasteiger partial charge in [0.1, 0.15) is 6.61 Å². The van der Waals surface area contributed by atoms with E-state index in [0.29, 0.717) is 0 Å². The van der Waals surface area contributed by atoms with Crippen molar-refractivity contribution in [3.63, 3.8) is 0 Å². The Labute approximate surface area is 117 Å². The van der Waals surface area contributed by atoms with E-state index in [1.54, 1.807) is 0 Å². The number of carbonyl (C=O) groups excluding carboxylic acids is 1. The maximum absolute atomic E-state index is 11.8. The van der Waals surface area contributed by atoms with Crippen molar-refractivity contribution < 1.29 is 32.6 Å². The van der Waals surface area contributed by atoms with Crippen molar-refractivity contribution in [3.8, 4) is 0 Å². The fourth-order valence-corrected chi connectivity index (χ4v) is 1.27. The number of hydrogen-bond acceptors (Lipinski definition) is 4. The van der Waals surface area contributed by atoms with Crippen LogP contribution in [0.1, 0.15) is 10.5 Å². The molecule has 0 aromatic carbocycles. The maximum atomic E-state index is 11.8. The predicted octanol–water partition coefficient (Wildman–Crippen LogP) is 1.48. The third kappa shape index (κ3) is 6.56. The van der Waals surface area contributed by atoms with Crippen LogP contribution in [0, 0.1) is 0 Å². The van der Waals surface area contributed by atoms with E-state index in [1.807, 2.05) is 0 Å². The highest BCUT2D eigenvalue weighted by Gasteiger charge is 2.27. The average molecular weight is 307 g/mol. The fraction of sp³-hybridized carbons (Fsp3) is 0.364. The fourth-order valence-electron chi connectivity index (χ4n) is 1.27. The van der Waals surface area contributed by atoms with E-state index in [1.165, 1.54) is 18.3 Å². The molecule has 3 N–H and O–H groups in total. The molecule has 0 fully saturated rings. The number of aromatic carboxylic acids is 1. The first-order valence-electron chi connectivity index (χ1n) is 5.67. The number of nitrogens with one attached hydrogen (secondary N) is 2. The highest BCUT2D eigenvalue weighted by Crippen LogP contribution is 2.14. The zero-order valence-electron chi connectivity index (χ0n) is 10.6. The van der Waals surface area contributed by atoms with Crippen molar-refractivity contribution in [1.29, 1.82) is 0 Å². The lowest BCUT2D eigenvalue weighted by Gasteiger charge is -2.10. The molecule has 0 radical (unpaired) electrons. The van der Waals surface area contributed by atoms with Gasteiger partial charge in [-0.25, -0.2) is 14.6 Å². The molecule has 0 aliphatic heterocycles. The van der Waals surface area contributed by atoms with Crippen molar-refractivity contribution >= 4 is 17.7 Å². The molecular formula is C11H12F3N3O4. The van der Waals surface area contributed by atoms with Gasteiger partial charge in [-0.2, -0.15) is 13.2 Å². The van der Waals surface area contributed by atoms with Gasteiger partial charge in [-0.1, -0.05) is 0 Å². The molecule has 0 saturated heterocycles. The summed E-state index contributed by atoms with van der Waals surface area (Å²) in [6.45, 7) is -1.89. The minimum Gasteiger partial charge on any atom is -0.476 e. The van der Waals surface area contributed by atoms with E-state index in [2.05, 4.69) is 20.4 Å². The molecule has 0 unspecified atom stereocenters. The number of hydrogen-bond donors (Lipinski definition) is 3. The van der Waals surface area contributed by atoms with E-state index in [-0.39, 0.29) is 24.5 Å². The number of urea groups is 1. The highest BCUT2D eigenvalue weighted by atomic mass is 19.4. The summed E-state index contributed by atoms with van der Waals surface area (Å²) in [6, 6.07) is 1.98. The first kappa shape index (κ1) is 16.7. The normalized spacial score (nSPS) is 11.0. The highest BCUT2D eigenvalue weighted by molar-refractivity contribution is 5.98. The van der Waals surface area contributed by atoms with Crippen LogP contribution in [0.3, 0.4) is 0 Å². The molecule has 0 aliphatic carbocycles. The maximum Gasteiger partial charge on any atom is 0.411 e. The number of anilines is 1. The van der Waals surface area contributed by atoms with Crippen LogP contribution in [-0.4, -0.2) is 48.0 Å². The summed E-state index contributed by atoms with van der Waals surface area (Å²) in [5.74, 6) is -1.32. The molecule has 1 rings (SSSR count). The Morgan fingerprint density at radius 2 is 2.10 bits per heavy atom. The Bertz CT molecular complexity index is 508. The Kier molecular flexibility index (Phi) is 5.91. The topological polar surface area (TPSA) is 101 Å². The number of aromatic nitrogens is 1. The van der Waals surface area contributed by atoms with Gasteiger partial charge >= 0.3 is 18.2 Å². The molecule has 1 aromatic rings. The second kappa shape index (κ2) is 7.43. The molecule has 1 heterocycles. The number of carbonyl (C=O) groups is 2. The molecule has 7 nitrogen and oxygen atoms in total. The zero-order valence-corrected chi connectivity index (χ0v) is 10.6. The smallest absolute Gasteiger partial charge is 0.411 e. The number of halogens is 3. The van der Waals surface area contributed by atoms with E-state index in [4.69, 9.17) is 5.11 Å². The quantitative estimate of drug-likeness (QED) is 0.691. The van der Waals surface area contributed by atoms with Crippen molar-refractivity contribution in [1.82, 2.24) is 10.3 Å². The van der Waals surface area contributed by atoms with Crippen LogP contribution in [0.4, 0.5) is 23.7 Å². The summed E-state index contributed by atoms with van der Waals surface area (Å²) in [5.41, 5.74) is -0.375. The second-order valence-electron chi connectivity index (χ2n) is 3.75. The first-order chi connectivity index (χ1) is 9.79. The average Bonchev–Trinajstić information content (AvgIpc) is 2.37. The predicted molar refractivity (Wildman–Crippen MR) is 65.1 cm³/mol. The lowest BCUT2D eigenvalue weighted by molar-refractivity contribution is -0.173. The second-order valence-corrected chi connectivity index (χ2v) is 3.75. The molecule has 0 atom stereocenters. The standard InChI is InChI=1S/C11H12F3N3O4/c12-11(13,14)6-21-5-4-16-10(20)17-7-2-1-3-15-8(7)9(18)19/h1-3H,4-6H2,(H,18,19)(H2,16,17,20). The molecule has 10 heteroatoms. The first-order valence-corrected chi connectivity index (χ1v) is 5.67. The molecule has 0 bridgehead atoms. The van der Waals surface area contributed by atoms with Crippen LogP contribution < -0.4 is 10.6 Å². The van der Waals surface area contributed by atoms with Gasteiger partial charge in [0.15, 0.2) is 5.69 Å². The van der Waals surface area contributed by atoms with Gasteiger partial charge < -0.3 is 20.5 Å². The Morgan fingerprint density at radius 3 is 2.71 bits per heavy atom. The van der Waals surface area contributed by atoms with Gasteiger partial charge in [-0.05, 0) is 12.1 Å². The largest absolute Gasteiger partial charge is 0.476 e.